The molecule has 1 aliphatic rings. The third-order valence-corrected chi connectivity index (χ3v) is 6.71. The number of benzene rings is 2. The Morgan fingerprint density at radius 2 is 1.80 bits per heavy atom. The maximum atomic E-state index is 13.0. The number of nitrogens with zero attached hydrogens (tertiary/aromatic N) is 1. The average molecular weight is 381 g/mol. The molecule has 0 amide bonds. The number of sulfonamides is 1. The van der Waals surface area contributed by atoms with Crippen LogP contribution in [0.25, 0.3) is 0 Å². The first kappa shape index (κ1) is 19.9. The molecule has 1 saturated heterocycles. The van der Waals surface area contributed by atoms with Crippen LogP contribution in [0.5, 0.6) is 0 Å². The van der Waals surface area contributed by atoms with Crippen LogP contribution in [0.4, 0.5) is 0 Å². The van der Waals surface area contributed by atoms with Crippen LogP contribution in [0.3, 0.4) is 0 Å². The Bertz CT molecular complexity index is 796. The van der Waals surface area contributed by atoms with E-state index in [1.54, 1.807) is 16.4 Å². The molecule has 0 bridgehead atoms. The van der Waals surface area contributed by atoms with Crippen molar-refractivity contribution in [2.45, 2.75) is 24.2 Å². The number of nitrogens with two attached hydrogens (primary N) is 1. The Hall–Kier alpha value is -1.40. The molecule has 0 saturated carbocycles. The molecule has 0 unspecified atom stereocenters. The van der Waals surface area contributed by atoms with Gasteiger partial charge in [-0.2, -0.15) is 4.31 Å². The van der Waals surface area contributed by atoms with Crippen LogP contribution in [0.1, 0.15) is 24.0 Å². The molecule has 3 rings (SSSR count). The third kappa shape index (κ3) is 4.06. The Morgan fingerprint density at radius 3 is 2.44 bits per heavy atom. The van der Waals surface area contributed by atoms with Crippen molar-refractivity contribution in [3.8, 4) is 0 Å². The van der Waals surface area contributed by atoms with Crippen molar-refractivity contribution >= 4 is 22.4 Å². The van der Waals surface area contributed by atoms with Crippen LogP contribution in [0.2, 0.25) is 0 Å². The highest BCUT2D eigenvalue weighted by Crippen LogP contribution is 2.35. The molecule has 4 nitrogen and oxygen atoms in total. The predicted molar refractivity (Wildman–Crippen MR) is 104 cm³/mol. The number of halogens is 1. The SMILES string of the molecule is CCc1cccc(S(=O)(=O)N2C[C@@H](CN)[C@H](c3ccccc3)C2)c1.Cl. The van der Waals surface area contributed by atoms with Crippen molar-refractivity contribution in [3.63, 3.8) is 0 Å². The highest BCUT2D eigenvalue weighted by Gasteiger charge is 2.39. The molecule has 2 aromatic rings. The van der Waals surface area contributed by atoms with E-state index in [0.717, 1.165) is 17.5 Å². The van der Waals surface area contributed by atoms with Crippen LogP contribution in [0, 0.1) is 5.92 Å². The second kappa shape index (κ2) is 8.32. The van der Waals surface area contributed by atoms with E-state index in [2.05, 4.69) is 12.1 Å². The Balaban J connectivity index is 0.00000225. The normalized spacial score (nSPS) is 21.0. The first-order valence-electron chi connectivity index (χ1n) is 8.40. The van der Waals surface area contributed by atoms with Crippen molar-refractivity contribution in [1.29, 1.82) is 0 Å². The van der Waals surface area contributed by atoms with E-state index in [1.165, 1.54) is 0 Å². The van der Waals surface area contributed by atoms with Gasteiger partial charge in [-0.3, -0.25) is 0 Å². The second-order valence-corrected chi connectivity index (χ2v) is 8.27. The van der Waals surface area contributed by atoms with Crippen molar-refractivity contribution in [2.24, 2.45) is 11.7 Å². The van der Waals surface area contributed by atoms with Gasteiger partial charge < -0.3 is 5.73 Å². The zero-order chi connectivity index (χ0) is 17.2. The van der Waals surface area contributed by atoms with Crippen molar-refractivity contribution in [2.75, 3.05) is 19.6 Å². The molecule has 0 aliphatic carbocycles. The van der Waals surface area contributed by atoms with E-state index in [9.17, 15) is 8.42 Å². The van der Waals surface area contributed by atoms with E-state index in [0.29, 0.717) is 24.5 Å². The fourth-order valence-electron chi connectivity index (χ4n) is 3.42. The van der Waals surface area contributed by atoms with Crippen molar-refractivity contribution in [3.05, 3.63) is 65.7 Å². The predicted octanol–water partition coefficient (Wildman–Crippen LogP) is 3.03. The van der Waals surface area contributed by atoms with Crippen molar-refractivity contribution < 1.29 is 8.42 Å². The molecule has 25 heavy (non-hydrogen) atoms. The third-order valence-electron chi connectivity index (χ3n) is 4.88. The molecule has 1 fully saturated rings. The summed E-state index contributed by atoms with van der Waals surface area (Å²) in [6.07, 6.45) is 0.821. The summed E-state index contributed by atoms with van der Waals surface area (Å²) in [7, 11) is -3.48. The molecule has 2 atom stereocenters. The molecule has 6 heteroatoms. The monoisotopic (exact) mass is 380 g/mol. The van der Waals surface area contributed by atoms with Crippen LogP contribution in [0.15, 0.2) is 59.5 Å². The minimum Gasteiger partial charge on any atom is -0.330 e. The summed E-state index contributed by atoms with van der Waals surface area (Å²) >= 11 is 0. The molecule has 2 N–H and O–H groups in total. The highest BCUT2D eigenvalue weighted by molar-refractivity contribution is 7.89. The summed E-state index contributed by atoms with van der Waals surface area (Å²) in [5.74, 6) is 0.303. The molecule has 0 radical (unpaired) electrons. The lowest BCUT2D eigenvalue weighted by Gasteiger charge is -2.17. The second-order valence-electron chi connectivity index (χ2n) is 6.34. The van der Waals surface area contributed by atoms with Gasteiger partial charge in [0.05, 0.1) is 4.90 Å². The van der Waals surface area contributed by atoms with Crippen LogP contribution >= 0.6 is 12.4 Å². The van der Waals surface area contributed by atoms with E-state index in [4.69, 9.17) is 5.73 Å². The van der Waals surface area contributed by atoms with Gasteiger partial charge in [-0.15, -0.1) is 12.4 Å². The first-order valence-corrected chi connectivity index (χ1v) is 9.84. The lowest BCUT2D eigenvalue weighted by Crippen LogP contribution is -2.30. The molecular formula is C19H25ClN2O2S. The van der Waals surface area contributed by atoms with Gasteiger partial charge in [-0.1, -0.05) is 49.4 Å². The van der Waals surface area contributed by atoms with E-state index >= 15 is 0 Å². The fourth-order valence-corrected chi connectivity index (χ4v) is 5.01. The summed E-state index contributed by atoms with van der Waals surface area (Å²) in [5, 5.41) is 0. The summed E-state index contributed by atoms with van der Waals surface area (Å²) < 4.78 is 27.6. The highest BCUT2D eigenvalue weighted by atomic mass is 35.5. The van der Waals surface area contributed by atoms with Gasteiger partial charge in [0, 0.05) is 19.0 Å². The quantitative estimate of drug-likeness (QED) is 0.867. The van der Waals surface area contributed by atoms with Gasteiger partial charge in [0.15, 0.2) is 0 Å². The maximum Gasteiger partial charge on any atom is 0.243 e. The van der Waals surface area contributed by atoms with Gasteiger partial charge in [0.2, 0.25) is 10.0 Å². The largest absolute Gasteiger partial charge is 0.330 e. The van der Waals surface area contributed by atoms with Gasteiger partial charge in [-0.05, 0) is 42.1 Å². The van der Waals surface area contributed by atoms with E-state index < -0.39 is 10.0 Å². The molecule has 136 valence electrons. The maximum absolute atomic E-state index is 13.0. The lowest BCUT2D eigenvalue weighted by molar-refractivity contribution is 0.459. The molecule has 1 aliphatic heterocycles. The van der Waals surface area contributed by atoms with E-state index in [1.807, 2.05) is 37.3 Å². The zero-order valence-corrected chi connectivity index (χ0v) is 16.0. The van der Waals surface area contributed by atoms with Gasteiger partial charge >= 0.3 is 0 Å². The molecule has 2 aromatic carbocycles. The van der Waals surface area contributed by atoms with Crippen LogP contribution < -0.4 is 5.73 Å². The number of rotatable bonds is 5. The first-order chi connectivity index (χ1) is 11.6. The van der Waals surface area contributed by atoms with Gasteiger partial charge in [-0.25, -0.2) is 8.42 Å². The Kier molecular flexibility index (Phi) is 6.63. The molecule has 0 spiro atoms. The summed E-state index contributed by atoms with van der Waals surface area (Å²) in [4.78, 5) is 0.381. The minimum atomic E-state index is -3.48. The summed E-state index contributed by atoms with van der Waals surface area (Å²) in [5.41, 5.74) is 8.12. The average Bonchev–Trinajstić information content (AvgIpc) is 3.07. The zero-order valence-electron chi connectivity index (χ0n) is 14.3. The van der Waals surface area contributed by atoms with Crippen LogP contribution in [-0.4, -0.2) is 32.4 Å². The summed E-state index contributed by atoms with van der Waals surface area (Å²) in [6, 6.07) is 17.3. The lowest BCUT2D eigenvalue weighted by atomic mass is 9.89. The fraction of sp³-hybridized carbons (Fsp3) is 0.368. The number of hydrogen-bond acceptors (Lipinski definition) is 3. The standard InChI is InChI=1S/C19H24N2O2S.ClH/c1-2-15-7-6-10-18(11-15)24(22,23)21-13-17(12-20)19(14-21)16-8-4-3-5-9-16;/h3-11,17,19H,2,12-14,20H2,1H3;1H/t17-,19+;/m1./s1. The molecular weight excluding hydrogens is 356 g/mol. The van der Waals surface area contributed by atoms with Gasteiger partial charge in [0.25, 0.3) is 0 Å². The molecule has 0 aromatic heterocycles. The smallest absolute Gasteiger partial charge is 0.243 e. The Morgan fingerprint density at radius 1 is 1.08 bits per heavy atom. The summed E-state index contributed by atoms with van der Waals surface area (Å²) in [6.45, 7) is 3.48. The van der Waals surface area contributed by atoms with E-state index in [-0.39, 0.29) is 24.2 Å². The number of hydrogen-bond donors (Lipinski definition) is 1. The molecule has 1 heterocycles. The Labute approximate surface area is 156 Å². The number of aryl methyl sites for hydroxylation is 1. The van der Waals surface area contributed by atoms with Gasteiger partial charge in [0.1, 0.15) is 0 Å². The van der Waals surface area contributed by atoms with Crippen LogP contribution in [-0.2, 0) is 16.4 Å². The van der Waals surface area contributed by atoms with Crippen molar-refractivity contribution in [1.82, 2.24) is 4.31 Å². The minimum absolute atomic E-state index is 0. The topological polar surface area (TPSA) is 63.4 Å².